The van der Waals surface area contributed by atoms with Crippen molar-refractivity contribution in [2.45, 2.75) is 25.9 Å². The number of rotatable bonds is 2. The fourth-order valence-corrected chi connectivity index (χ4v) is 2.02. The van der Waals surface area contributed by atoms with Gasteiger partial charge in [-0.25, -0.2) is 0 Å². The van der Waals surface area contributed by atoms with E-state index in [9.17, 15) is 4.79 Å². The van der Waals surface area contributed by atoms with Crippen LogP contribution in [0.15, 0.2) is 16.7 Å². The molecule has 1 fully saturated rings. The number of hydrogen-bond donors (Lipinski definition) is 2. The van der Waals surface area contributed by atoms with E-state index in [1.807, 2.05) is 0 Å². The highest BCUT2D eigenvalue weighted by Crippen LogP contribution is 2.25. The van der Waals surface area contributed by atoms with Crippen LogP contribution in [0.2, 0.25) is 0 Å². The number of primary amides is 1. The van der Waals surface area contributed by atoms with E-state index in [-0.39, 0.29) is 0 Å². The van der Waals surface area contributed by atoms with E-state index >= 15 is 0 Å². The van der Waals surface area contributed by atoms with Gasteiger partial charge < -0.3 is 20.4 Å². The van der Waals surface area contributed by atoms with Crippen molar-refractivity contribution in [1.29, 1.82) is 0 Å². The Hall–Kier alpha value is -1.49. The number of carbonyl (C=O) groups is 1. The average Bonchev–Trinajstić information content (AvgIpc) is 2.70. The standard InChI is InChI=1S/C11H17N3O2/c1-7-6-14(8(2)5-13-7)11-9(10(12)15)3-4-16-11/h3-4,7-8,13H,5-6H2,1-2H3,(H2,12,15)/t7-,8+/m1/s1. The lowest BCUT2D eigenvalue weighted by Crippen LogP contribution is -2.54. The summed E-state index contributed by atoms with van der Waals surface area (Å²) in [5.41, 5.74) is 5.76. The molecule has 5 nitrogen and oxygen atoms in total. The van der Waals surface area contributed by atoms with Gasteiger partial charge in [-0.1, -0.05) is 0 Å². The Morgan fingerprint density at radius 2 is 2.38 bits per heavy atom. The number of amides is 1. The topological polar surface area (TPSA) is 71.5 Å². The molecule has 0 spiro atoms. The fourth-order valence-electron chi connectivity index (χ4n) is 2.02. The summed E-state index contributed by atoms with van der Waals surface area (Å²) in [5.74, 6) is 0.149. The molecule has 0 radical (unpaired) electrons. The molecule has 5 heteroatoms. The maximum atomic E-state index is 11.2. The second-order valence-corrected chi connectivity index (χ2v) is 4.31. The molecule has 1 aliphatic heterocycles. The first-order chi connectivity index (χ1) is 7.59. The quantitative estimate of drug-likeness (QED) is 0.768. The van der Waals surface area contributed by atoms with Crippen LogP contribution in [0.5, 0.6) is 0 Å². The van der Waals surface area contributed by atoms with Crippen LogP contribution in [0.4, 0.5) is 5.88 Å². The van der Waals surface area contributed by atoms with Gasteiger partial charge in [0.25, 0.3) is 5.91 Å². The SMILES string of the molecule is C[C@@H]1CN(c2occc2C(N)=O)[C@@H](C)CN1. The van der Waals surface area contributed by atoms with Gasteiger partial charge in [-0.2, -0.15) is 0 Å². The van der Waals surface area contributed by atoms with E-state index in [1.54, 1.807) is 6.07 Å². The summed E-state index contributed by atoms with van der Waals surface area (Å²) in [4.78, 5) is 13.3. The van der Waals surface area contributed by atoms with Crippen molar-refractivity contribution in [3.63, 3.8) is 0 Å². The first-order valence-electron chi connectivity index (χ1n) is 5.47. The van der Waals surface area contributed by atoms with E-state index < -0.39 is 5.91 Å². The smallest absolute Gasteiger partial charge is 0.254 e. The summed E-state index contributed by atoms with van der Waals surface area (Å²) < 4.78 is 5.38. The number of anilines is 1. The monoisotopic (exact) mass is 223 g/mol. The molecule has 0 aromatic carbocycles. The largest absolute Gasteiger partial charge is 0.448 e. The van der Waals surface area contributed by atoms with Crippen molar-refractivity contribution in [3.8, 4) is 0 Å². The highest BCUT2D eigenvalue weighted by molar-refractivity contribution is 5.97. The Balaban J connectivity index is 2.28. The van der Waals surface area contributed by atoms with Gasteiger partial charge in [-0.05, 0) is 19.9 Å². The molecule has 1 aromatic rings. The molecule has 3 N–H and O–H groups in total. The molecule has 0 aliphatic carbocycles. The number of nitrogens with one attached hydrogen (secondary N) is 1. The van der Waals surface area contributed by atoms with Crippen molar-refractivity contribution in [2.24, 2.45) is 5.73 Å². The Labute approximate surface area is 94.6 Å². The van der Waals surface area contributed by atoms with Crippen LogP contribution in [-0.4, -0.2) is 31.1 Å². The zero-order valence-electron chi connectivity index (χ0n) is 9.56. The minimum atomic E-state index is -0.442. The molecule has 16 heavy (non-hydrogen) atoms. The molecule has 88 valence electrons. The molecule has 1 saturated heterocycles. The first-order valence-corrected chi connectivity index (χ1v) is 5.47. The molecular formula is C11H17N3O2. The van der Waals surface area contributed by atoms with E-state index in [2.05, 4.69) is 24.1 Å². The maximum Gasteiger partial charge on any atom is 0.254 e. The van der Waals surface area contributed by atoms with Gasteiger partial charge in [-0.15, -0.1) is 0 Å². The fraction of sp³-hybridized carbons (Fsp3) is 0.545. The van der Waals surface area contributed by atoms with Crippen LogP contribution in [-0.2, 0) is 0 Å². The zero-order valence-corrected chi connectivity index (χ0v) is 9.56. The molecule has 2 rings (SSSR count). The van der Waals surface area contributed by atoms with E-state index in [1.165, 1.54) is 6.26 Å². The highest BCUT2D eigenvalue weighted by atomic mass is 16.3. The Morgan fingerprint density at radius 1 is 1.62 bits per heavy atom. The van der Waals surface area contributed by atoms with Gasteiger partial charge in [0.2, 0.25) is 5.88 Å². The highest BCUT2D eigenvalue weighted by Gasteiger charge is 2.27. The number of hydrogen-bond acceptors (Lipinski definition) is 4. The van der Waals surface area contributed by atoms with Crippen LogP contribution in [0, 0.1) is 0 Å². The summed E-state index contributed by atoms with van der Waals surface area (Å²) in [6, 6.07) is 2.29. The third kappa shape index (κ3) is 1.90. The van der Waals surface area contributed by atoms with Gasteiger partial charge in [0.15, 0.2) is 0 Å². The van der Waals surface area contributed by atoms with E-state index in [0.717, 1.165) is 13.1 Å². The minimum absolute atomic E-state index is 0.292. The molecule has 1 amide bonds. The van der Waals surface area contributed by atoms with Crippen LogP contribution in [0.25, 0.3) is 0 Å². The van der Waals surface area contributed by atoms with Gasteiger partial charge in [0.05, 0.1) is 6.26 Å². The molecule has 2 heterocycles. The van der Waals surface area contributed by atoms with E-state index in [4.69, 9.17) is 10.2 Å². The lowest BCUT2D eigenvalue weighted by atomic mass is 10.1. The van der Waals surface area contributed by atoms with Crippen molar-refractivity contribution in [3.05, 3.63) is 17.9 Å². The second kappa shape index (κ2) is 4.17. The molecular weight excluding hydrogens is 206 g/mol. The van der Waals surface area contributed by atoms with Gasteiger partial charge >= 0.3 is 0 Å². The predicted octanol–water partition coefficient (Wildman–Crippen LogP) is 0.565. The summed E-state index contributed by atoms with van der Waals surface area (Å²) in [5, 5.41) is 3.37. The summed E-state index contributed by atoms with van der Waals surface area (Å²) in [6.45, 7) is 5.88. The zero-order chi connectivity index (χ0) is 11.7. The van der Waals surface area contributed by atoms with Crippen LogP contribution < -0.4 is 16.0 Å². The Kier molecular flexibility index (Phi) is 2.87. The normalized spacial score (nSPS) is 25.8. The Bertz CT molecular complexity index is 388. The van der Waals surface area contributed by atoms with Crippen molar-refractivity contribution >= 4 is 11.8 Å². The van der Waals surface area contributed by atoms with Gasteiger partial charge in [0.1, 0.15) is 5.56 Å². The lowest BCUT2D eigenvalue weighted by Gasteiger charge is -2.37. The third-order valence-electron chi connectivity index (χ3n) is 2.94. The molecule has 0 unspecified atom stereocenters. The number of piperazine rings is 1. The van der Waals surface area contributed by atoms with E-state index in [0.29, 0.717) is 23.5 Å². The summed E-state index contributed by atoms with van der Waals surface area (Å²) >= 11 is 0. The molecule has 1 aliphatic rings. The van der Waals surface area contributed by atoms with Gasteiger partial charge in [0, 0.05) is 25.2 Å². The second-order valence-electron chi connectivity index (χ2n) is 4.31. The number of nitrogens with zero attached hydrogens (tertiary/aromatic N) is 1. The summed E-state index contributed by atoms with van der Waals surface area (Å²) in [7, 11) is 0. The van der Waals surface area contributed by atoms with Crippen molar-refractivity contribution in [1.82, 2.24) is 5.32 Å². The lowest BCUT2D eigenvalue weighted by molar-refractivity contribution is 0.1000. The Morgan fingerprint density at radius 3 is 3.06 bits per heavy atom. The number of furan rings is 1. The molecule has 0 bridgehead atoms. The van der Waals surface area contributed by atoms with Crippen molar-refractivity contribution < 1.29 is 9.21 Å². The minimum Gasteiger partial charge on any atom is -0.448 e. The van der Waals surface area contributed by atoms with Crippen LogP contribution >= 0.6 is 0 Å². The number of nitrogens with two attached hydrogens (primary N) is 1. The summed E-state index contributed by atoms with van der Waals surface area (Å²) in [6.07, 6.45) is 1.51. The molecule has 2 atom stereocenters. The average molecular weight is 223 g/mol. The van der Waals surface area contributed by atoms with Crippen LogP contribution in [0.3, 0.4) is 0 Å². The number of carbonyl (C=O) groups excluding carboxylic acids is 1. The maximum absolute atomic E-state index is 11.2. The van der Waals surface area contributed by atoms with Crippen molar-refractivity contribution in [2.75, 3.05) is 18.0 Å². The predicted molar refractivity (Wildman–Crippen MR) is 61.5 cm³/mol. The molecule has 1 aromatic heterocycles. The first kappa shape index (κ1) is 11.0. The molecule has 0 saturated carbocycles. The van der Waals surface area contributed by atoms with Crippen LogP contribution in [0.1, 0.15) is 24.2 Å². The van der Waals surface area contributed by atoms with Gasteiger partial charge in [-0.3, -0.25) is 4.79 Å². The third-order valence-corrected chi connectivity index (χ3v) is 2.94.